The number of hydrogen-bond donors (Lipinski definition) is 1. The lowest BCUT2D eigenvalue weighted by Gasteiger charge is -2.33. The van der Waals surface area contributed by atoms with Gasteiger partial charge in [0.15, 0.2) is 5.96 Å². The van der Waals surface area contributed by atoms with Gasteiger partial charge in [-0.15, -0.1) is 24.0 Å². The topological polar surface area (TPSA) is 71.8 Å². The molecule has 2 heterocycles. The van der Waals surface area contributed by atoms with Crippen LogP contribution in [0.5, 0.6) is 0 Å². The predicted octanol–water partition coefficient (Wildman–Crippen LogP) is 2.97. The molecule has 3 rings (SSSR count). The van der Waals surface area contributed by atoms with Crippen LogP contribution in [0.1, 0.15) is 57.2 Å². The first-order valence-electron chi connectivity index (χ1n) is 9.87. The number of aromatic nitrogens is 2. The van der Waals surface area contributed by atoms with Gasteiger partial charge in [-0.2, -0.15) is 5.10 Å². The second kappa shape index (κ2) is 10.9. The first-order chi connectivity index (χ1) is 12.7. The average molecular weight is 489 g/mol. The molecule has 0 radical (unpaired) electrons. The number of likely N-dealkylation sites (tertiary alicyclic amines) is 1. The number of esters is 1. The number of rotatable bonds is 5. The average Bonchev–Trinajstić information content (AvgIpc) is 3.34. The molecular formula is C19H32IN5O2. The number of nitrogens with one attached hydrogen (secondary N) is 1. The minimum absolute atomic E-state index is 0. The van der Waals surface area contributed by atoms with Crippen LogP contribution in [0, 0.1) is 5.92 Å². The maximum Gasteiger partial charge on any atom is 0.310 e. The van der Waals surface area contributed by atoms with E-state index >= 15 is 0 Å². The minimum atomic E-state index is -0.0945. The van der Waals surface area contributed by atoms with Crippen molar-refractivity contribution in [2.24, 2.45) is 10.9 Å². The molecular weight excluding hydrogens is 457 g/mol. The quantitative estimate of drug-likeness (QED) is 0.298. The van der Waals surface area contributed by atoms with E-state index < -0.39 is 0 Å². The van der Waals surface area contributed by atoms with Gasteiger partial charge in [-0.05, 0) is 38.7 Å². The van der Waals surface area contributed by atoms with Crippen molar-refractivity contribution in [2.45, 2.75) is 58.0 Å². The van der Waals surface area contributed by atoms with Crippen LogP contribution in [-0.2, 0) is 16.1 Å². The summed E-state index contributed by atoms with van der Waals surface area (Å²) in [4.78, 5) is 18.6. The molecule has 1 saturated heterocycles. The van der Waals surface area contributed by atoms with Crippen LogP contribution in [0.15, 0.2) is 17.3 Å². The van der Waals surface area contributed by atoms with Gasteiger partial charge in [0, 0.05) is 26.3 Å². The van der Waals surface area contributed by atoms with Crippen molar-refractivity contribution in [3.05, 3.63) is 18.0 Å². The SMILES string of the molecule is CCOC(=O)[C@@H]1CCCN(C(=NC)NCc2ccn(C3CCCC3)n2)C1.I. The summed E-state index contributed by atoms with van der Waals surface area (Å²) in [6, 6.07) is 2.64. The maximum absolute atomic E-state index is 12.0. The molecule has 2 aliphatic rings. The van der Waals surface area contributed by atoms with Crippen LogP contribution < -0.4 is 5.32 Å². The fourth-order valence-corrected chi connectivity index (χ4v) is 3.97. The fraction of sp³-hybridized carbons (Fsp3) is 0.737. The molecule has 1 aliphatic carbocycles. The van der Waals surface area contributed by atoms with E-state index in [1.54, 1.807) is 7.05 Å². The lowest BCUT2D eigenvalue weighted by molar-refractivity contribution is -0.149. The highest BCUT2D eigenvalue weighted by atomic mass is 127. The summed E-state index contributed by atoms with van der Waals surface area (Å²) in [5.74, 6) is 0.668. The van der Waals surface area contributed by atoms with E-state index in [0.717, 1.165) is 31.0 Å². The van der Waals surface area contributed by atoms with Crippen molar-refractivity contribution in [3.63, 3.8) is 0 Å². The molecule has 1 saturated carbocycles. The number of aliphatic imine (C=N–C) groups is 1. The number of hydrogen-bond acceptors (Lipinski definition) is 4. The van der Waals surface area contributed by atoms with Crippen molar-refractivity contribution in [1.82, 2.24) is 20.0 Å². The number of halogens is 1. The molecule has 2 fully saturated rings. The van der Waals surface area contributed by atoms with Gasteiger partial charge < -0.3 is 15.0 Å². The van der Waals surface area contributed by atoms with Crippen LogP contribution in [0.4, 0.5) is 0 Å². The summed E-state index contributed by atoms with van der Waals surface area (Å²) in [6.07, 6.45) is 9.03. The molecule has 1 aromatic heterocycles. The Morgan fingerprint density at radius 2 is 2.11 bits per heavy atom. The smallest absolute Gasteiger partial charge is 0.310 e. The zero-order chi connectivity index (χ0) is 18.4. The summed E-state index contributed by atoms with van der Waals surface area (Å²) in [6.45, 7) is 4.50. The number of carbonyl (C=O) groups is 1. The summed E-state index contributed by atoms with van der Waals surface area (Å²) in [5.41, 5.74) is 1.03. The summed E-state index contributed by atoms with van der Waals surface area (Å²) >= 11 is 0. The number of ether oxygens (including phenoxy) is 1. The highest BCUT2D eigenvalue weighted by Crippen LogP contribution is 2.28. The van der Waals surface area contributed by atoms with Gasteiger partial charge in [0.2, 0.25) is 0 Å². The zero-order valence-electron chi connectivity index (χ0n) is 16.4. The molecule has 0 unspecified atom stereocenters. The van der Waals surface area contributed by atoms with Crippen molar-refractivity contribution in [2.75, 3.05) is 26.7 Å². The molecule has 0 spiro atoms. The Morgan fingerprint density at radius 3 is 2.81 bits per heavy atom. The molecule has 1 aliphatic heterocycles. The molecule has 1 atom stereocenters. The molecule has 8 heteroatoms. The first-order valence-corrected chi connectivity index (χ1v) is 9.87. The van der Waals surface area contributed by atoms with Crippen molar-refractivity contribution in [3.8, 4) is 0 Å². The van der Waals surface area contributed by atoms with Crippen LogP contribution in [0.2, 0.25) is 0 Å². The molecule has 27 heavy (non-hydrogen) atoms. The number of piperidine rings is 1. The Balaban J connectivity index is 0.00000261. The Kier molecular flexibility index (Phi) is 8.85. The van der Waals surface area contributed by atoms with E-state index in [0.29, 0.717) is 25.7 Å². The maximum atomic E-state index is 12.0. The Morgan fingerprint density at radius 1 is 1.33 bits per heavy atom. The Hall–Kier alpha value is -1.32. The van der Waals surface area contributed by atoms with Crippen molar-refractivity contribution < 1.29 is 9.53 Å². The summed E-state index contributed by atoms with van der Waals surface area (Å²) in [7, 11) is 1.79. The Bertz CT molecular complexity index is 627. The normalized spacial score (nSPS) is 21.0. The van der Waals surface area contributed by atoms with Crippen molar-refractivity contribution in [1.29, 1.82) is 0 Å². The molecule has 0 bridgehead atoms. The second-order valence-electron chi connectivity index (χ2n) is 7.16. The van der Waals surface area contributed by atoms with Gasteiger partial charge in [0.05, 0.1) is 30.8 Å². The number of nitrogens with zero attached hydrogens (tertiary/aromatic N) is 4. The second-order valence-corrected chi connectivity index (χ2v) is 7.16. The summed E-state index contributed by atoms with van der Waals surface area (Å²) < 4.78 is 7.30. The third-order valence-electron chi connectivity index (χ3n) is 5.34. The van der Waals surface area contributed by atoms with Gasteiger partial charge in [-0.25, -0.2) is 0 Å². The standard InChI is InChI=1S/C19H31N5O2.HI/c1-3-26-18(25)15-7-6-11-23(14-15)19(20-2)21-13-16-10-12-24(22-16)17-8-4-5-9-17;/h10,12,15,17H,3-9,11,13-14H2,1-2H3,(H,20,21);1H/t15-;/m1./s1. The van der Waals surface area contributed by atoms with Gasteiger partial charge in [0.1, 0.15) is 0 Å². The molecule has 152 valence electrons. The molecule has 1 aromatic rings. The molecule has 7 nitrogen and oxygen atoms in total. The van der Waals surface area contributed by atoms with Gasteiger partial charge in [-0.3, -0.25) is 14.5 Å². The first kappa shape index (κ1) is 22.0. The van der Waals surface area contributed by atoms with E-state index in [9.17, 15) is 4.79 Å². The van der Waals surface area contributed by atoms with E-state index in [2.05, 4.69) is 32.2 Å². The predicted molar refractivity (Wildman–Crippen MR) is 116 cm³/mol. The Labute approximate surface area is 178 Å². The third-order valence-corrected chi connectivity index (χ3v) is 5.34. The molecule has 0 amide bonds. The van der Waals surface area contributed by atoms with E-state index in [1.165, 1.54) is 25.7 Å². The monoisotopic (exact) mass is 489 g/mol. The molecule has 1 N–H and O–H groups in total. The van der Waals surface area contributed by atoms with Crippen LogP contribution in [-0.4, -0.2) is 53.4 Å². The van der Waals surface area contributed by atoms with Gasteiger partial charge in [0.25, 0.3) is 0 Å². The van der Waals surface area contributed by atoms with E-state index in [4.69, 9.17) is 9.84 Å². The van der Waals surface area contributed by atoms with Crippen LogP contribution in [0.25, 0.3) is 0 Å². The summed E-state index contributed by atoms with van der Waals surface area (Å²) in [5, 5.41) is 8.12. The van der Waals surface area contributed by atoms with E-state index in [-0.39, 0.29) is 35.9 Å². The lowest BCUT2D eigenvalue weighted by Crippen LogP contribution is -2.48. The zero-order valence-corrected chi connectivity index (χ0v) is 18.7. The van der Waals surface area contributed by atoms with Gasteiger partial charge in [-0.1, -0.05) is 12.8 Å². The van der Waals surface area contributed by atoms with Gasteiger partial charge >= 0.3 is 5.97 Å². The largest absolute Gasteiger partial charge is 0.466 e. The minimum Gasteiger partial charge on any atom is -0.466 e. The highest BCUT2D eigenvalue weighted by molar-refractivity contribution is 14.0. The molecule has 0 aromatic carbocycles. The van der Waals surface area contributed by atoms with Crippen LogP contribution in [0.3, 0.4) is 0 Å². The highest BCUT2D eigenvalue weighted by Gasteiger charge is 2.28. The number of carbonyl (C=O) groups excluding carboxylic acids is 1. The van der Waals surface area contributed by atoms with E-state index in [1.807, 2.05) is 6.92 Å². The fourth-order valence-electron chi connectivity index (χ4n) is 3.97. The lowest BCUT2D eigenvalue weighted by atomic mass is 9.98. The van der Waals surface area contributed by atoms with Crippen molar-refractivity contribution >= 4 is 35.9 Å². The number of guanidine groups is 1. The van der Waals surface area contributed by atoms with Crippen LogP contribution >= 0.6 is 24.0 Å². The third kappa shape index (κ3) is 5.83.